The minimum atomic E-state index is 0.543. The van der Waals surface area contributed by atoms with Crippen molar-refractivity contribution in [2.24, 2.45) is 0 Å². The van der Waals surface area contributed by atoms with Crippen LogP contribution in [0, 0.1) is 6.92 Å². The first-order valence-electron chi connectivity index (χ1n) is 8.06. The highest BCUT2D eigenvalue weighted by Gasteiger charge is 2.05. The van der Waals surface area contributed by atoms with E-state index >= 15 is 0 Å². The van der Waals surface area contributed by atoms with E-state index < -0.39 is 0 Å². The maximum atomic E-state index is 6.04. The lowest BCUT2D eigenvalue weighted by molar-refractivity contribution is 0.303. The summed E-state index contributed by atoms with van der Waals surface area (Å²) in [4.78, 5) is 0. The molecule has 0 aliphatic rings. The van der Waals surface area contributed by atoms with Crippen LogP contribution in [0.4, 0.5) is 5.69 Å². The second-order valence-corrected chi connectivity index (χ2v) is 6.77. The molecule has 25 heavy (non-hydrogen) atoms. The number of nitrogens with one attached hydrogen (secondary N) is 1. The molecular weight excluding hydrogens is 353 g/mol. The van der Waals surface area contributed by atoms with Gasteiger partial charge in [0.1, 0.15) is 12.4 Å². The van der Waals surface area contributed by atoms with Crippen molar-refractivity contribution in [3.8, 4) is 5.75 Å². The molecule has 3 rings (SSSR count). The second kappa shape index (κ2) is 8.28. The van der Waals surface area contributed by atoms with E-state index in [4.69, 9.17) is 27.9 Å². The zero-order valence-corrected chi connectivity index (χ0v) is 15.4. The van der Waals surface area contributed by atoms with Gasteiger partial charge in [0.25, 0.3) is 0 Å². The van der Waals surface area contributed by atoms with Gasteiger partial charge in [0.05, 0.1) is 0 Å². The predicted molar refractivity (Wildman–Crippen MR) is 106 cm³/mol. The van der Waals surface area contributed by atoms with E-state index in [0.717, 1.165) is 22.6 Å². The van der Waals surface area contributed by atoms with Gasteiger partial charge in [-0.1, -0.05) is 71.2 Å². The summed E-state index contributed by atoms with van der Waals surface area (Å²) in [5.41, 5.74) is 4.34. The van der Waals surface area contributed by atoms with Crippen molar-refractivity contribution >= 4 is 28.9 Å². The molecule has 0 bridgehead atoms. The molecule has 0 amide bonds. The first-order valence-corrected chi connectivity index (χ1v) is 8.82. The minimum absolute atomic E-state index is 0.543. The van der Waals surface area contributed by atoms with Gasteiger partial charge < -0.3 is 10.1 Å². The number of ether oxygens (including phenoxy) is 1. The fourth-order valence-electron chi connectivity index (χ4n) is 2.61. The number of rotatable bonds is 6. The van der Waals surface area contributed by atoms with Crippen LogP contribution in [0.25, 0.3) is 0 Å². The Balaban J connectivity index is 1.68. The van der Waals surface area contributed by atoms with Crippen LogP contribution in [-0.4, -0.2) is 0 Å². The van der Waals surface area contributed by atoms with Gasteiger partial charge in [0.2, 0.25) is 0 Å². The highest BCUT2D eigenvalue weighted by Crippen LogP contribution is 2.25. The Morgan fingerprint density at radius 3 is 2.40 bits per heavy atom. The molecule has 4 heteroatoms. The summed E-state index contributed by atoms with van der Waals surface area (Å²) in [6.07, 6.45) is 0. The molecule has 2 nitrogen and oxygen atoms in total. The van der Waals surface area contributed by atoms with E-state index in [0.29, 0.717) is 23.2 Å². The molecule has 0 spiro atoms. The molecule has 0 aliphatic heterocycles. The number of benzene rings is 3. The summed E-state index contributed by atoms with van der Waals surface area (Å²) in [5, 5.41) is 4.56. The van der Waals surface area contributed by atoms with Crippen LogP contribution in [0.1, 0.15) is 16.7 Å². The molecule has 3 aromatic rings. The van der Waals surface area contributed by atoms with Crippen LogP contribution >= 0.6 is 23.2 Å². The molecule has 0 heterocycles. The fourth-order valence-corrected chi connectivity index (χ4v) is 3.13. The van der Waals surface area contributed by atoms with Crippen LogP contribution in [0.15, 0.2) is 66.7 Å². The molecule has 3 aromatic carbocycles. The van der Waals surface area contributed by atoms with Crippen molar-refractivity contribution < 1.29 is 4.74 Å². The Kier molecular flexibility index (Phi) is 5.85. The lowest BCUT2D eigenvalue weighted by Crippen LogP contribution is -2.03. The van der Waals surface area contributed by atoms with Crippen molar-refractivity contribution in [3.63, 3.8) is 0 Å². The van der Waals surface area contributed by atoms with Crippen LogP contribution < -0.4 is 10.1 Å². The average molecular weight is 372 g/mol. The quantitative estimate of drug-likeness (QED) is 0.534. The molecule has 0 aromatic heterocycles. The summed E-state index contributed by atoms with van der Waals surface area (Å²) < 4.78 is 6.02. The van der Waals surface area contributed by atoms with Crippen LogP contribution in [0.3, 0.4) is 0 Å². The van der Waals surface area contributed by atoms with Crippen molar-refractivity contribution in [2.45, 2.75) is 20.1 Å². The Morgan fingerprint density at radius 2 is 1.64 bits per heavy atom. The van der Waals surface area contributed by atoms with Gasteiger partial charge in [-0.05, 0) is 36.8 Å². The highest BCUT2D eigenvalue weighted by atomic mass is 35.5. The molecule has 128 valence electrons. The fraction of sp³-hybridized carbons (Fsp3) is 0.143. The van der Waals surface area contributed by atoms with E-state index in [-0.39, 0.29) is 0 Å². The predicted octanol–water partition coefficient (Wildman–Crippen LogP) is 6.49. The number of hydrogen-bond acceptors (Lipinski definition) is 2. The van der Waals surface area contributed by atoms with Gasteiger partial charge in [-0.15, -0.1) is 0 Å². The average Bonchev–Trinajstić information content (AvgIpc) is 2.58. The zero-order chi connectivity index (χ0) is 17.6. The summed E-state index contributed by atoms with van der Waals surface area (Å²) in [7, 11) is 0. The first-order chi connectivity index (χ1) is 12.1. The number of halogens is 2. The molecule has 0 radical (unpaired) electrons. The maximum absolute atomic E-state index is 6.04. The third kappa shape index (κ3) is 5.15. The van der Waals surface area contributed by atoms with Crippen molar-refractivity contribution in [1.82, 2.24) is 0 Å². The largest absolute Gasteiger partial charge is 0.489 e. The van der Waals surface area contributed by atoms with Gasteiger partial charge in [0, 0.05) is 27.8 Å². The van der Waals surface area contributed by atoms with Crippen LogP contribution in [0.5, 0.6) is 5.75 Å². The van der Waals surface area contributed by atoms with Gasteiger partial charge in [-0.2, -0.15) is 0 Å². The van der Waals surface area contributed by atoms with Gasteiger partial charge in [0.15, 0.2) is 0 Å². The Bertz CT molecular complexity index is 844. The Labute approximate surface area is 158 Å². The van der Waals surface area contributed by atoms with E-state index in [1.807, 2.05) is 42.5 Å². The number of anilines is 1. The zero-order valence-electron chi connectivity index (χ0n) is 13.9. The van der Waals surface area contributed by atoms with Crippen molar-refractivity contribution in [2.75, 3.05) is 5.32 Å². The van der Waals surface area contributed by atoms with Crippen LogP contribution in [0.2, 0.25) is 10.0 Å². The number of para-hydroxylation sites is 1. The van der Waals surface area contributed by atoms with Crippen molar-refractivity contribution in [1.29, 1.82) is 0 Å². The standard InChI is InChI=1S/C21H19Cl2NO/c1-15-5-4-6-16(9-15)14-25-21-8-3-2-7-17(21)13-24-20-11-18(22)10-19(23)12-20/h2-12,24H,13-14H2,1H3. The topological polar surface area (TPSA) is 21.3 Å². The summed E-state index contributed by atoms with van der Waals surface area (Å²) >= 11 is 12.1. The maximum Gasteiger partial charge on any atom is 0.124 e. The third-order valence-electron chi connectivity index (χ3n) is 3.79. The Morgan fingerprint density at radius 1 is 0.880 bits per heavy atom. The third-order valence-corrected chi connectivity index (χ3v) is 4.23. The normalized spacial score (nSPS) is 10.5. The van der Waals surface area contributed by atoms with E-state index in [9.17, 15) is 0 Å². The number of aryl methyl sites for hydroxylation is 1. The second-order valence-electron chi connectivity index (χ2n) is 5.90. The first kappa shape index (κ1) is 17.7. The van der Waals surface area contributed by atoms with E-state index in [1.54, 1.807) is 6.07 Å². The lowest BCUT2D eigenvalue weighted by atomic mass is 10.1. The molecule has 1 N–H and O–H groups in total. The Hall–Kier alpha value is -2.16. The van der Waals surface area contributed by atoms with Gasteiger partial charge in [-0.3, -0.25) is 0 Å². The summed E-state index contributed by atoms with van der Waals surface area (Å²) in [5.74, 6) is 0.865. The smallest absolute Gasteiger partial charge is 0.124 e. The van der Waals surface area contributed by atoms with Gasteiger partial charge in [-0.25, -0.2) is 0 Å². The molecular formula is C21H19Cl2NO. The molecule has 0 fully saturated rings. The number of hydrogen-bond donors (Lipinski definition) is 1. The summed E-state index contributed by atoms with van der Waals surface area (Å²) in [6, 6.07) is 21.8. The van der Waals surface area contributed by atoms with E-state index in [1.165, 1.54) is 5.56 Å². The monoisotopic (exact) mass is 371 g/mol. The minimum Gasteiger partial charge on any atom is -0.489 e. The SMILES string of the molecule is Cc1cccc(COc2ccccc2CNc2cc(Cl)cc(Cl)c2)c1. The molecule has 0 saturated carbocycles. The lowest BCUT2D eigenvalue weighted by Gasteiger charge is -2.13. The summed E-state index contributed by atoms with van der Waals surface area (Å²) in [6.45, 7) is 3.25. The molecule has 0 saturated heterocycles. The van der Waals surface area contributed by atoms with Crippen LogP contribution in [-0.2, 0) is 13.2 Å². The van der Waals surface area contributed by atoms with E-state index in [2.05, 4.69) is 30.4 Å². The molecule has 0 aliphatic carbocycles. The van der Waals surface area contributed by atoms with Gasteiger partial charge >= 0.3 is 0 Å². The highest BCUT2D eigenvalue weighted by molar-refractivity contribution is 6.35. The molecule has 0 unspecified atom stereocenters. The molecule has 0 atom stereocenters. The van der Waals surface area contributed by atoms with Crippen molar-refractivity contribution in [3.05, 3.63) is 93.5 Å².